The van der Waals surface area contributed by atoms with E-state index in [1.165, 1.54) is 144 Å². The van der Waals surface area contributed by atoms with Crippen molar-refractivity contribution in [2.75, 3.05) is 6.79 Å². The van der Waals surface area contributed by atoms with Gasteiger partial charge in [0.1, 0.15) is 23.1 Å². The minimum Gasteiger partial charge on any atom is -0.459 e. The highest BCUT2D eigenvalue weighted by atomic mass is 16.7. The number of carbonyl (C=O) groups excluding carboxylic acids is 4. The van der Waals surface area contributed by atoms with Crippen molar-refractivity contribution in [2.24, 2.45) is 22.7 Å². The summed E-state index contributed by atoms with van der Waals surface area (Å²) in [5.74, 6) is 5.28. The van der Waals surface area contributed by atoms with Crippen molar-refractivity contribution in [2.45, 2.75) is 334 Å². The molecular weight excluding hydrogens is 1190 g/mol. The molecule has 6 nitrogen and oxygen atoms in total. The molecule has 2 aromatic rings. The van der Waals surface area contributed by atoms with E-state index >= 15 is 0 Å². The normalized spacial score (nSPS) is 21.9. The van der Waals surface area contributed by atoms with Crippen LogP contribution in [0.15, 0.2) is 155 Å². The SMILES string of the molecule is CC1=C(C)C(=O)CC1.CC1=C(C)C(=O)CCC1.CC1=C(C)C(C)(C)CCC1(C)C.CC1=C(C)C2CCC1C2.CC1=C(C)CC(=O)CC1.CC1=C(C)CC(=O)CC1.CC1=C(C)CCC1.CC1=C(C)CCCC1.CC1=C(C)OCO1.CC1=C(C)c2ccccc2C1.Cc1ccccc1C. The average molecular weight is 1330 g/mol. The number of ether oxygens (including phenoxy) is 2. The van der Waals surface area contributed by atoms with Gasteiger partial charge in [0.05, 0.1) is 0 Å². The van der Waals surface area contributed by atoms with E-state index in [0.717, 1.165) is 98.7 Å². The minimum atomic E-state index is 0.336. The zero-order valence-electron chi connectivity index (χ0n) is 66.9. The summed E-state index contributed by atoms with van der Waals surface area (Å²) in [4.78, 5) is 43.2. The van der Waals surface area contributed by atoms with Crippen LogP contribution < -0.4 is 0 Å². The van der Waals surface area contributed by atoms with Gasteiger partial charge in [0.25, 0.3) is 0 Å². The molecule has 0 radical (unpaired) electrons. The van der Waals surface area contributed by atoms with Crippen LogP contribution in [-0.2, 0) is 35.1 Å². The van der Waals surface area contributed by atoms with Crippen LogP contribution in [0.2, 0.25) is 0 Å². The highest BCUT2D eigenvalue weighted by molar-refractivity contribution is 5.98. The van der Waals surface area contributed by atoms with E-state index in [2.05, 4.69) is 173 Å². The molecule has 2 bridgehead atoms. The summed E-state index contributed by atoms with van der Waals surface area (Å²) < 4.78 is 9.84. The van der Waals surface area contributed by atoms with Crippen molar-refractivity contribution < 1.29 is 28.7 Å². The molecule has 0 saturated heterocycles. The first-order valence-corrected chi connectivity index (χ1v) is 37.5. The number of aryl methyl sites for hydroxylation is 2. The average Bonchev–Trinajstić information content (AvgIpc) is 1.42. The summed E-state index contributed by atoms with van der Waals surface area (Å²) in [6.45, 7) is 56.8. The first kappa shape index (κ1) is 85.3. The van der Waals surface area contributed by atoms with Gasteiger partial charge in [-0.2, -0.15) is 0 Å². The Morgan fingerprint density at radius 2 is 0.691 bits per heavy atom. The molecule has 0 aromatic heterocycles. The summed E-state index contributed by atoms with van der Waals surface area (Å²) in [5, 5.41) is 0. The van der Waals surface area contributed by atoms with Crippen LogP contribution in [0.4, 0.5) is 0 Å². The summed E-state index contributed by atoms with van der Waals surface area (Å²) in [6.07, 6.45) is 27.5. The predicted octanol–water partition coefficient (Wildman–Crippen LogP) is 26.8. The summed E-state index contributed by atoms with van der Waals surface area (Å²) in [6, 6.07) is 17.0. The number of benzene rings is 2. The molecule has 0 spiro atoms. The Labute approximate surface area is 594 Å². The number of hydrogen-bond donors (Lipinski definition) is 0. The van der Waals surface area contributed by atoms with Gasteiger partial charge in [0, 0.05) is 38.5 Å². The number of ketones is 4. The van der Waals surface area contributed by atoms with Crippen LogP contribution in [0.3, 0.4) is 0 Å². The van der Waals surface area contributed by atoms with Gasteiger partial charge in [-0.05, 0) is 330 Å². The van der Waals surface area contributed by atoms with Crippen LogP contribution in [0, 0.1) is 36.5 Å². The number of hydrogen-bond acceptors (Lipinski definition) is 6. The van der Waals surface area contributed by atoms with Gasteiger partial charge in [-0.25, -0.2) is 0 Å². The first-order chi connectivity index (χ1) is 45.4. The Morgan fingerprint density at radius 3 is 0.979 bits per heavy atom. The van der Waals surface area contributed by atoms with E-state index in [0.29, 0.717) is 53.6 Å². The zero-order valence-corrected chi connectivity index (χ0v) is 66.9. The lowest BCUT2D eigenvalue weighted by molar-refractivity contribution is -0.119. The molecule has 2 atom stereocenters. The van der Waals surface area contributed by atoms with Crippen molar-refractivity contribution >= 4 is 28.7 Å². The fourth-order valence-electron chi connectivity index (χ4n) is 13.6. The second-order valence-electron chi connectivity index (χ2n) is 31.7. The molecule has 6 heteroatoms. The Balaban J connectivity index is 0.000000279. The van der Waals surface area contributed by atoms with E-state index in [-0.39, 0.29) is 0 Å². The molecule has 13 rings (SSSR count). The third kappa shape index (κ3) is 28.7. The lowest BCUT2D eigenvalue weighted by atomic mass is 9.64. The van der Waals surface area contributed by atoms with Gasteiger partial charge in [0.15, 0.2) is 11.6 Å². The molecule has 2 aromatic carbocycles. The van der Waals surface area contributed by atoms with Crippen molar-refractivity contribution in [3.63, 3.8) is 0 Å². The molecule has 1 fully saturated rings. The van der Waals surface area contributed by atoms with Crippen molar-refractivity contribution in [3.05, 3.63) is 177 Å². The van der Waals surface area contributed by atoms with Crippen LogP contribution >= 0.6 is 0 Å². The molecule has 0 N–H and O–H groups in total. The molecule has 538 valence electrons. The van der Waals surface area contributed by atoms with Crippen molar-refractivity contribution in [1.82, 2.24) is 0 Å². The fraction of sp³-hybridized carbons (Fsp3) is 0.604. The standard InChI is InChI=1S/C12H22.C11H12.C9H14.3C8H12O.C8H14.C8H10.C7H10O.C7H12.C5H8O2/c1-9-10(2)12(5,6)8-7-11(9,3)4;1-8-7-10-5-3-4-6-11(10)9(8)2;1-6-7(2)9-4-3-8(6)5-9;2*1-6-3-4-8(9)5-7(6)2;1-6-4-3-5-8(9)7(6)2;2*1-7-5-3-4-6-8(7)2;1-5-3-4-7(8)6(5)2;1-6-4-3-5-7(6)2;1-4-5(2)7-3-6-4/h7-8H2,1-6H3;3-6H,7H2,1-2H3;8-9H,3-5H2,1-2H3;3*3-5H2,1-2H3;3-6H2,1-2H3;3-6H,1-2H3;3-4H2,1-2H3;3-5H2,1-2H3;3H2,1-2H3. The quantitative estimate of drug-likeness (QED) is 0.244. The first-order valence-electron chi connectivity index (χ1n) is 37.5. The number of allylic oxidation sites excluding steroid dienone is 20. The van der Waals surface area contributed by atoms with Crippen LogP contribution in [0.1, 0.15) is 336 Å². The Hall–Kier alpha value is -5.88. The molecule has 11 aliphatic rings. The molecule has 2 unspecified atom stereocenters. The smallest absolute Gasteiger partial charge is 0.230 e. The molecule has 1 saturated carbocycles. The third-order valence-corrected chi connectivity index (χ3v) is 23.9. The summed E-state index contributed by atoms with van der Waals surface area (Å²) in [5.41, 5.74) is 32.7. The van der Waals surface area contributed by atoms with Crippen molar-refractivity contribution in [1.29, 1.82) is 0 Å². The highest BCUT2D eigenvalue weighted by Gasteiger charge is 2.35. The summed E-state index contributed by atoms with van der Waals surface area (Å²) in [7, 11) is 0. The number of Topliss-reactive ketones (excluding diaryl/α,β-unsaturated/α-hetero) is 4. The monoisotopic (exact) mass is 1330 g/mol. The molecule has 0 amide bonds. The largest absolute Gasteiger partial charge is 0.459 e. The molecular formula is C91H138O6. The number of carbonyl (C=O) groups is 4. The van der Waals surface area contributed by atoms with Gasteiger partial charge in [-0.3, -0.25) is 19.2 Å². The molecule has 1 aliphatic heterocycles. The van der Waals surface area contributed by atoms with Crippen molar-refractivity contribution in [3.8, 4) is 0 Å². The van der Waals surface area contributed by atoms with E-state index in [1.54, 1.807) is 44.6 Å². The third-order valence-electron chi connectivity index (χ3n) is 23.9. The Kier molecular flexibility index (Phi) is 36.6. The van der Waals surface area contributed by atoms with Gasteiger partial charge in [0.2, 0.25) is 6.79 Å². The maximum absolute atomic E-state index is 10.9. The zero-order chi connectivity index (χ0) is 73.1. The predicted molar refractivity (Wildman–Crippen MR) is 417 cm³/mol. The Bertz CT molecular complexity index is 3200. The highest BCUT2D eigenvalue weighted by Crippen LogP contribution is 2.49. The molecule has 97 heavy (non-hydrogen) atoms. The second-order valence-corrected chi connectivity index (χ2v) is 31.7. The van der Waals surface area contributed by atoms with E-state index in [9.17, 15) is 19.2 Å². The van der Waals surface area contributed by atoms with E-state index < -0.39 is 0 Å². The van der Waals surface area contributed by atoms with Gasteiger partial charge in [-0.1, -0.05) is 160 Å². The fourth-order valence-corrected chi connectivity index (χ4v) is 13.6. The molecule has 1 heterocycles. The van der Waals surface area contributed by atoms with Gasteiger partial charge in [-0.15, -0.1) is 0 Å². The van der Waals surface area contributed by atoms with E-state index in [4.69, 9.17) is 9.47 Å². The van der Waals surface area contributed by atoms with Gasteiger partial charge >= 0.3 is 0 Å². The lowest BCUT2D eigenvalue weighted by Gasteiger charge is -2.41. The Morgan fingerprint density at radius 1 is 0.340 bits per heavy atom. The van der Waals surface area contributed by atoms with Crippen LogP contribution in [-0.4, -0.2) is 29.9 Å². The maximum atomic E-state index is 10.9. The summed E-state index contributed by atoms with van der Waals surface area (Å²) >= 11 is 0. The number of rotatable bonds is 0. The van der Waals surface area contributed by atoms with E-state index in [1.807, 2.05) is 55.4 Å². The lowest BCUT2D eigenvalue weighted by Crippen LogP contribution is -2.28. The molecule has 10 aliphatic carbocycles. The van der Waals surface area contributed by atoms with Crippen LogP contribution in [0.5, 0.6) is 0 Å². The maximum Gasteiger partial charge on any atom is 0.230 e. The second kappa shape index (κ2) is 41.6. The number of fused-ring (bicyclic) bond motifs is 3. The minimum absolute atomic E-state index is 0.336. The van der Waals surface area contributed by atoms with Crippen LogP contribution in [0.25, 0.3) is 5.57 Å². The van der Waals surface area contributed by atoms with Gasteiger partial charge < -0.3 is 9.47 Å². The topological polar surface area (TPSA) is 86.7 Å².